The number of ether oxygens (including phenoxy) is 1. The van der Waals surface area contributed by atoms with Gasteiger partial charge in [-0.15, -0.1) is 0 Å². The molecule has 1 aromatic rings. The van der Waals surface area contributed by atoms with E-state index in [9.17, 15) is 23.1 Å². The number of carbonyl (C=O) groups excluding carboxylic acids is 1. The molecule has 1 fully saturated rings. The molecule has 6 nitrogen and oxygen atoms in total. The number of hydrogen-bond donors (Lipinski definition) is 2. The molecule has 0 saturated carbocycles. The maximum absolute atomic E-state index is 13.6. The molecule has 146 valence electrons. The first-order valence-corrected chi connectivity index (χ1v) is 8.34. The zero-order valence-corrected chi connectivity index (χ0v) is 15.3. The third-order valence-corrected chi connectivity index (χ3v) is 3.98. The second-order valence-corrected chi connectivity index (χ2v) is 7.52. The molecule has 2 rings (SSSR count). The van der Waals surface area contributed by atoms with Crippen LogP contribution >= 0.6 is 11.6 Å². The Hall–Kier alpha value is -1.58. The SMILES string of the molecule is CC(C)(C)OC(=O)N[C@@H]1CN([C@H](c2ccc(Cl)nc2)C(F)(F)F)C[C@H]1O. The van der Waals surface area contributed by atoms with Crippen LogP contribution in [0.5, 0.6) is 0 Å². The Morgan fingerprint density at radius 1 is 1.38 bits per heavy atom. The number of alkyl halides is 3. The third kappa shape index (κ3) is 5.46. The van der Waals surface area contributed by atoms with Crippen LogP contribution in [0.3, 0.4) is 0 Å². The van der Waals surface area contributed by atoms with Crippen LogP contribution in [0.4, 0.5) is 18.0 Å². The van der Waals surface area contributed by atoms with Crippen LogP contribution in [0.15, 0.2) is 18.3 Å². The van der Waals surface area contributed by atoms with Crippen LogP contribution < -0.4 is 5.32 Å². The quantitative estimate of drug-likeness (QED) is 0.770. The fourth-order valence-electron chi connectivity index (χ4n) is 2.78. The topological polar surface area (TPSA) is 74.7 Å². The minimum atomic E-state index is -4.59. The summed E-state index contributed by atoms with van der Waals surface area (Å²) in [5.41, 5.74) is -0.844. The van der Waals surface area contributed by atoms with Gasteiger partial charge in [-0.1, -0.05) is 17.7 Å². The molecule has 1 aliphatic heterocycles. The number of β-amino-alcohol motifs (C(OH)–C–C–N with tert-alkyl or cyclic N) is 1. The summed E-state index contributed by atoms with van der Waals surface area (Å²) in [6, 6.07) is -0.324. The van der Waals surface area contributed by atoms with E-state index in [4.69, 9.17) is 16.3 Å². The Labute approximate surface area is 154 Å². The molecule has 26 heavy (non-hydrogen) atoms. The number of pyridine rings is 1. The molecular weight excluding hydrogens is 375 g/mol. The smallest absolute Gasteiger partial charge is 0.408 e. The second-order valence-electron chi connectivity index (χ2n) is 7.13. The minimum Gasteiger partial charge on any atom is -0.444 e. The van der Waals surface area contributed by atoms with Crippen LogP contribution in [-0.2, 0) is 4.74 Å². The predicted molar refractivity (Wildman–Crippen MR) is 88.8 cm³/mol. The van der Waals surface area contributed by atoms with Crippen LogP contribution in [0.25, 0.3) is 0 Å². The van der Waals surface area contributed by atoms with Crippen molar-refractivity contribution in [1.82, 2.24) is 15.2 Å². The number of aliphatic hydroxyl groups is 1. The number of halogens is 4. The summed E-state index contributed by atoms with van der Waals surface area (Å²) in [6.45, 7) is 4.55. The molecule has 0 radical (unpaired) electrons. The first kappa shape index (κ1) is 20.7. The van der Waals surface area contributed by atoms with Crippen molar-refractivity contribution in [2.75, 3.05) is 13.1 Å². The Balaban J connectivity index is 2.14. The molecule has 0 bridgehead atoms. The monoisotopic (exact) mass is 395 g/mol. The van der Waals surface area contributed by atoms with Crippen molar-refractivity contribution in [2.45, 2.75) is 50.7 Å². The van der Waals surface area contributed by atoms with Gasteiger partial charge in [0.25, 0.3) is 0 Å². The van der Waals surface area contributed by atoms with E-state index < -0.39 is 36.1 Å². The van der Waals surface area contributed by atoms with E-state index >= 15 is 0 Å². The third-order valence-electron chi connectivity index (χ3n) is 3.76. The normalized spacial score (nSPS) is 22.9. The highest BCUT2D eigenvalue weighted by molar-refractivity contribution is 6.29. The van der Waals surface area contributed by atoms with Gasteiger partial charge in [0.15, 0.2) is 0 Å². The van der Waals surface area contributed by atoms with Gasteiger partial charge in [-0.2, -0.15) is 13.2 Å². The number of aliphatic hydroxyl groups excluding tert-OH is 1. The summed E-state index contributed by atoms with van der Waals surface area (Å²) < 4.78 is 45.9. The molecule has 2 heterocycles. The van der Waals surface area contributed by atoms with Crippen molar-refractivity contribution in [2.24, 2.45) is 0 Å². The first-order valence-electron chi connectivity index (χ1n) is 7.96. The highest BCUT2D eigenvalue weighted by Gasteiger charge is 2.49. The van der Waals surface area contributed by atoms with Crippen molar-refractivity contribution < 1.29 is 27.8 Å². The molecule has 1 amide bonds. The number of alkyl carbamates (subject to hydrolysis) is 1. The molecule has 0 unspecified atom stereocenters. The standard InChI is InChI=1S/C16H21ClF3N3O3/c1-15(2,3)26-14(25)22-10-7-23(8-11(10)24)13(16(18,19)20)9-4-5-12(17)21-6-9/h4-6,10-11,13,24H,7-8H2,1-3H3,(H,22,25)/t10-,11-,13-/m1/s1. The lowest BCUT2D eigenvalue weighted by atomic mass is 10.1. The van der Waals surface area contributed by atoms with Crippen molar-refractivity contribution in [3.05, 3.63) is 29.0 Å². The molecule has 0 spiro atoms. The summed E-state index contributed by atoms with van der Waals surface area (Å²) in [6.07, 6.45) is -5.48. The van der Waals surface area contributed by atoms with Crippen molar-refractivity contribution >= 4 is 17.7 Å². The van der Waals surface area contributed by atoms with Crippen molar-refractivity contribution in [1.29, 1.82) is 0 Å². The maximum atomic E-state index is 13.6. The van der Waals surface area contributed by atoms with Gasteiger partial charge >= 0.3 is 12.3 Å². The van der Waals surface area contributed by atoms with Crippen LogP contribution in [-0.4, -0.2) is 58.1 Å². The molecule has 10 heteroatoms. The zero-order chi connectivity index (χ0) is 19.7. The number of amides is 1. The van der Waals surface area contributed by atoms with Gasteiger partial charge < -0.3 is 15.2 Å². The van der Waals surface area contributed by atoms with Gasteiger partial charge in [-0.3, -0.25) is 4.90 Å². The first-order chi connectivity index (χ1) is 11.9. The Morgan fingerprint density at radius 2 is 2.04 bits per heavy atom. The van der Waals surface area contributed by atoms with Crippen LogP contribution in [0.1, 0.15) is 32.4 Å². The van der Waals surface area contributed by atoms with Gasteiger partial charge in [-0.25, -0.2) is 9.78 Å². The number of aromatic nitrogens is 1. The van der Waals surface area contributed by atoms with Gasteiger partial charge in [0.1, 0.15) is 16.8 Å². The molecule has 1 aliphatic rings. The van der Waals surface area contributed by atoms with Crippen LogP contribution in [0.2, 0.25) is 5.15 Å². The lowest BCUT2D eigenvalue weighted by Gasteiger charge is -2.29. The van der Waals surface area contributed by atoms with E-state index in [2.05, 4.69) is 10.3 Å². The highest BCUT2D eigenvalue weighted by Crippen LogP contribution is 2.39. The number of nitrogens with zero attached hydrogens (tertiary/aromatic N) is 2. The molecular formula is C16H21ClF3N3O3. The predicted octanol–water partition coefficient (Wildman–Crippen LogP) is 2.91. The lowest BCUT2D eigenvalue weighted by molar-refractivity contribution is -0.184. The summed E-state index contributed by atoms with van der Waals surface area (Å²) in [5.74, 6) is 0. The molecule has 3 atom stereocenters. The Kier molecular flexibility index (Phi) is 6.04. The number of likely N-dealkylation sites (tertiary alicyclic amines) is 1. The Bertz CT molecular complexity index is 634. The number of carbonyl (C=O) groups is 1. The van der Waals surface area contributed by atoms with E-state index in [1.54, 1.807) is 20.8 Å². The maximum Gasteiger partial charge on any atom is 0.408 e. The van der Waals surface area contributed by atoms with E-state index in [-0.39, 0.29) is 23.8 Å². The minimum absolute atomic E-state index is 0.0839. The molecule has 0 aromatic carbocycles. The molecule has 0 aliphatic carbocycles. The number of rotatable bonds is 3. The summed E-state index contributed by atoms with van der Waals surface area (Å²) in [7, 11) is 0. The number of nitrogens with one attached hydrogen (secondary N) is 1. The van der Waals surface area contributed by atoms with Crippen molar-refractivity contribution in [3.8, 4) is 0 Å². The average Bonchev–Trinajstić information content (AvgIpc) is 2.78. The Morgan fingerprint density at radius 3 is 2.54 bits per heavy atom. The molecule has 1 aromatic heterocycles. The average molecular weight is 396 g/mol. The molecule has 1 saturated heterocycles. The highest BCUT2D eigenvalue weighted by atomic mass is 35.5. The van der Waals surface area contributed by atoms with Gasteiger partial charge in [0, 0.05) is 19.3 Å². The zero-order valence-electron chi connectivity index (χ0n) is 14.5. The van der Waals surface area contributed by atoms with Crippen LogP contribution in [0, 0.1) is 0 Å². The van der Waals surface area contributed by atoms with E-state index in [1.165, 1.54) is 12.1 Å². The second kappa shape index (κ2) is 7.58. The van der Waals surface area contributed by atoms with Crippen molar-refractivity contribution in [3.63, 3.8) is 0 Å². The summed E-state index contributed by atoms with van der Waals surface area (Å²) in [5, 5.41) is 12.6. The molecule has 2 N–H and O–H groups in total. The van der Waals surface area contributed by atoms with Gasteiger partial charge in [0.05, 0.1) is 12.1 Å². The van der Waals surface area contributed by atoms with E-state index in [1.807, 2.05) is 0 Å². The summed E-state index contributed by atoms with van der Waals surface area (Å²) in [4.78, 5) is 16.6. The van der Waals surface area contributed by atoms with E-state index in [0.29, 0.717) is 0 Å². The van der Waals surface area contributed by atoms with Gasteiger partial charge in [-0.05, 0) is 32.4 Å². The fourth-order valence-corrected chi connectivity index (χ4v) is 2.90. The van der Waals surface area contributed by atoms with Gasteiger partial charge in [0.2, 0.25) is 0 Å². The number of hydrogen-bond acceptors (Lipinski definition) is 5. The summed E-state index contributed by atoms with van der Waals surface area (Å²) >= 11 is 5.64. The fraction of sp³-hybridized carbons (Fsp3) is 0.625. The largest absolute Gasteiger partial charge is 0.444 e. The lowest BCUT2D eigenvalue weighted by Crippen LogP contribution is -2.45. The van der Waals surface area contributed by atoms with E-state index in [0.717, 1.165) is 11.1 Å².